The lowest BCUT2D eigenvalue weighted by molar-refractivity contribution is 0.0637. The van der Waals surface area contributed by atoms with Crippen LogP contribution in [0.5, 0.6) is 5.75 Å². The molecule has 0 aliphatic carbocycles. The van der Waals surface area contributed by atoms with E-state index in [1.165, 1.54) is 6.92 Å². The molecule has 3 aromatic carbocycles. The first-order valence-corrected chi connectivity index (χ1v) is 13.7. The number of carbonyl (C=O) groups is 2. The van der Waals surface area contributed by atoms with Crippen molar-refractivity contribution in [2.45, 2.75) is 45.6 Å². The SMILES string of the molecule is CCCC(c1oc2cc(OC)ccc2c(=O)c1Cc1ccccc1)N(CCCN)C(=O)c1ccc(C(C)=O)cc1. The molecule has 1 amide bonds. The van der Waals surface area contributed by atoms with Crippen LogP contribution in [0.2, 0.25) is 0 Å². The van der Waals surface area contributed by atoms with Crippen molar-refractivity contribution >= 4 is 22.7 Å². The third-order valence-electron chi connectivity index (χ3n) is 7.09. The molecule has 4 aromatic rings. The predicted octanol–water partition coefficient (Wildman–Crippen LogP) is 5.93. The fourth-order valence-corrected chi connectivity index (χ4v) is 4.97. The molecule has 0 bridgehead atoms. The van der Waals surface area contributed by atoms with E-state index in [9.17, 15) is 14.4 Å². The molecule has 1 heterocycles. The second-order valence-electron chi connectivity index (χ2n) is 9.88. The van der Waals surface area contributed by atoms with Crippen LogP contribution in [0.4, 0.5) is 0 Å². The summed E-state index contributed by atoms with van der Waals surface area (Å²) in [7, 11) is 1.56. The van der Waals surface area contributed by atoms with Gasteiger partial charge in [0.25, 0.3) is 5.91 Å². The molecule has 0 radical (unpaired) electrons. The standard InChI is InChI=1S/C33H36N2O5/c1-4-9-29(35(19-8-18-34)33(38)25-14-12-24(13-15-25)22(2)36)32-28(20-23-10-6-5-7-11-23)31(37)27-17-16-26(39-3)21-30(27)40-32/h5-7,10-17,21,29H,4,8-9,18-20,34H2,1-3H3. The number of nitrogens with two attached hydrogens (primary N) is 1. The molecule has 2 N–H and O–H groups in total. The summed E-state index contributed by atoms with van der Waals surface area (Å²) >= 11 is 0. The van der Waals surface area contributed by atoms with Gasteiger partial charge in [-0.15, -0.1) is 0 Å². The molecule has 1 atom stereocenters. The Kier molecular flexibility index (Phi) is 9.51. The van der Waals surface area contributed by atoms with Crippen molar-refractivity contribution < 1.29 is 18.7 Å². The maximum Gasteiger partial charge on any atom is 0.254 e. The van der Waals surface area contributed by atoms with Crippen LogP contribution in [-0.4, -0.2) is 36.8 Å². The second-order valence-corrected chi connectivity index (χ2v) is 9.88. The van der Waals surface area contributed by atoms with Gasteiger partial charge >= 0.3 is 0 Å². The van der Waals surface area contributed by atoms with Crippen LogP contribution in [0.1, 0.15) is 76.8 Å². The van der Waals surface area contributed by atoms with Crippen molar-refractivity contribution in [2.24, 2.45) is 5.73 Å². The number of rotatable bonds is 12. The van der Waals surface area contributed by atoms with Crippen LogP contribution in [0.25, 0.3) is 11.0 Å². The van der Waals surface area contributed by atoms with E-state index in [0.717, 1.165) is 12.0 Å². The zero-order valence-corrected chi connectivity index (χ0v) is 23.3. The van der Waals surface area contributed by atoms with Gasteiger partial charge in [0.15, 0.2) is 11.2 Å². The number of nitrogens with zero attached hydrogens (tertiary/aromatic N) is 1. The maximum atomic E-state index is 14.0. The number of fused-ring (bicyclic) bond motifs is 1. The zero-order valence-electron chi connectivity index (χ0n) is 23.3. The van der Waals surface area contributed by atoms with Crippen LogP contribution in [0.3, 0.4) is 0 Å². The van der Waals surface area contributed by atoms with E-state index in [1.807, 2.05) is 37.3 Å². The molecule has 7 heteroatoms. The summed E-state index contributed by atoms with van der Waals surface area (Å²) in [4.78, 5) is 41.5. The average Bonchev–Trinajstić information content (AvgIpc) is 2.98. The van der Waals surface area contributed by atoms with Gasteiger partial charge < -0.3 is 19.8 Å². The number of ether oxygens (including phenoxy) is 1. The number of methoxy groups -OCH3 is 1. The Balaban J connectivity index is 1.90. The molecule has 208 valence electrons. The highest BCUT2D eigenvalue weighted by atomic mass is 16.5. The number of amides is 1. The van der Waals surface area contributed by atoms with E-state index in [2.05, 4.69) is 0 Å². The summed E-state index contributed by atoms with van der Waals surface area (Å²) < 4.78 is 11.9. The highest BCUT2D eigenvalue weighted by molar-refractivity contribution is 5.98. The Morgan fingerprint density at radius 3 is 2.33 bits per heavy atom. The molecule has 0 spiro atoms. The van der Waals surface area contributed by atoms with Gasteiger partial charge in [-0.25, -0.2) is 0 Å². The Labute approximate surface area is 234 Å². The molecule has 40 heavy (non-hydrogen) atoms. The van der Waals surface area contributed by atoms with Gasteiger partial charge in [0, 0.05) is 35.7 Å². The molecule has 1 aromatic heterocycles. The minimum atomic E-state index is -0.501. The first-order valence-electron chi connectivity index (χ1n) is 13.7. The molecule has 7 nitrogen and oxygen atoms in total. The second kappa shape index (κ2) is 13.2. The summed E-state index contributed by atoms with van der Waals surface area (Å²) in [5, 5.41) is 0.463. The Hall–Kier alpha value is -4.23. The fourth-order valence-electron chi connectivity index (χ4n) is 4.97. The summed E-state index contributed by atoms with van der Waals surface area (Å²) in [6.45, 7) is 4.33. The molecule has 4 rings (SSSR count). The third kappa shape index (κ3) is 6.32. The van der Waals surface area contributed by atoms with Crippen molar-refractivity contribution in [3.8, 4) is 5.75 Å². The Morgan fingerprint density at radius 2 is 1.70 bits per heavy atom. The van der Waals surface area contributed by atoms with E-state index in [-0.39, 0.29) is 17.1 Å². The largest absolute Gasteiger partial charge is 0.497 e. The summed E-state index contributed by atoms with van der Waals surface area (Å²) in [6, 6.07) is 21.1. The minimum absolute atomic E-state index is 0.0678. The van der Waals surface area contributed by atoms with Crippen LogP contribution in [-0.2, 0) is 6.42 Å². The van der Waals surface area contributed by atoms with E-state index < -0.39 is 6.04 Å². The van der Waals surface area contributed by atoms with Gasteiger partial charge in [0.05, 0.1) is 18.5 Å². The van der Waals surface area contributed by atoms with Crippen LogP contribution in [0, 0.1) is 0 Å². The fraction of sp³-hybridized carbons (Fsp3) is 0.303. The van der Waals surface area contributed by atoms with E-state index >= 15 is 0 Å². The van der Waals surface area contributed by atoms with Crippen molar-refractivity contribution in [1.29, 1.82) is 0 Å². The van der Waals surface area contributed by atoms with Crippen LogP contribution >= 0.6 is 0 Å². The van der Waals surface area contributed by atoms with Gasteiger partial charge in [-0.3, -0.25) is 14.4 Å². The number of ketones is 1. The lowest BCUT2D eigenvalue weighted by Crippen LogP contribution is -2.37. The number of hydrogen-bond donors (Lipinski definition) is 1. The van der Waals surface area contributed by atoms with Gasteiger partial charge in [-0.1, -0.05) is 55.8 Å². The van der Waals surface area contributed by atoms with Gasteiger partial charge in [0.1, 0.15) is 17.1 Å². The van der Waals surface area contributed by atoms with Gasteiger partial charge in [-0.2, -0.15) is 0 Å². The molecular weight excluding hydrogens is 504 g/mol. The van der Waals surface area contributed by atoms with Crippen molar-refractivity contribution in [2.75, 3.05) is 20.2 Å². The molecule has 0 saturated carbocycles. The van der Waals surface area contributed by atoms with E-state index in [1.54, 1.807) is 54.5 Å². The summed E-state index contributed by atoms with van der Waals surface area (Å²) in [6.07, 6.45) is 2.29. The van der Waals surface area contributed by atoms with Crippen LogP contribution < -0.4 is 15.9 Å². The monoisotopic (exact) mass is 540 g/mol. The highest BCUT2D eigenvalue weighted by Crippen LogP contribution is 2.33. The molecule has 1 unspecified atom stereocenters. The zero-order chi connectivity index (χ0) is 28.6. The Bertz CT molecular complexity index is 1530. The van der Waals surface area contributed by atoms with Crippen molar-refractivity contribution in [3.63, 3.8) is 0 Å². The molecule has 0 saturated heterocycles. The Morgan fingerprint density at radius 1 is 1.00 bits per heavy atom. The molecular formula is C33H36N2O5. The normalized spacial score (nSPS) is 11.8. The summed E-state index contributed by atoms with van der Waals surface area (Å²) in [5.74, 6) is 0.774. The van der Waals surface area contributed by atoms with Gasteiger partial charge in [-0.05, 0) is 56.1 Å². The lowest BCUT2D eigenvalue weighted by atomic mass is 9.95. The maximum absolute atomic E-state index is 14.0. The van der Waals surface area contributed by atoms with Gasteiger partial charge in [0.2, 0.25) is 0 Å². The first kappa shape index (κ1) is 28.8. The number of carbonyl (C=O) groups excluding carboxylic acids is 2. The van der Waals surface area contributed by atoms with E-state index in [0.29, 0.717) is 71.5 Å². The number of benzene rings is 3. The predicted molar refractivity (Wildman–Crippen MR) is 157 cm³/mol. The number of Topliss-reactive ketones (excluding diaryl/α,β-unsaturated/α-hetero) is 1. The molecule has 0 fully saturated rings. The first-order chi connectivity index (χ1) is 19.4. The highest BCUT2D eigenvalue weighted by Gasteiger charge is 2.31. The van der Waals surface area contributed by atoms with E-state index in [4.69, 9.17) is 14.9 Å². The minimum Gasteiger partial charge on any atom is -0.497 e. The quantitative estimate of drug-likeness (QED) is 0.224. The summed E-state index contributed by atoms with van der Waals surface area (Å²) in [5.41, 5.74) is 8.66. The molecule has 0 aliphatic rings. The molecule has 0 aliphatic heterocycles. The smallest absolute Gasteiger partial charge is 0.254 e. The average molecular weight is 541 g/mol. The van der Waals surface area contributed by atoms with Crippen molar-refractivity contribution in [1.82, 2.24) is 4.90 Å². The topological polar surface area (TPSA) is 103 Å². The lowest BCUT2D eigenvalue weighted by Gasteiger charge is -2.32. The third-order valence-corrected chi connectivity index (χ3v) is 7.09. The van der Waals surface area contributed by atoms with Crippen molar-refractivity contribution in [3.05, 3.63) is 111 Å². The van der Waals surface area contributed by atoms with Crippen LogP contribution in [0.15, 0.2) is 82.0 Å². The number of hydrogen-bond acceptors (Lipinski definition) is 6.